The maximum Gasteiger partial charge on any atom is 0.408 e. The van der Waals surface area contributed by atoms with E-state index in [-0.39, 0.29) is 18.4 Å². The number of alkyl carbamates (subject to hydrolysis) is 1. The first-order chi connectivity index (χ1) is 18.0. The number of rotatable bonds is 13. The van der Waals surface area contributed by atoms with Crippen LogP contribution in [0.2, 0.25) is 0 Å². The molecule has 3 amide bonds. The van der Waals surface area contributed by atoms with Gasteiger partial charge >= 0.3 is 6.09 Å². The van der Waals surface area contributed by atoms with Gasteiger partial charge in [-0.15, -0.1) is 0 Å². The highest BCUT2D eigenvalue weighted by Crippen LogP contribution is 2.26. The van der Waals surface area contributed by atoms with E-state index in [0.29, 0.717) is 12.2 Å². The van der Waals surface area contributed by atoms with Crippen molar-refractivity contribution < 1.29 is 19.1 Å². The molecule has 2 rings (SSSR count). The Labute approximate surface area is 228 Å². The summed E-state index contributed by atoms with van der Waals surface area (Å²) in [5.41, 5.74) is 2.74. The predicted octanol–water partition coefficient (Wildman–Crippen LogP) is 6.70. The molecule has 0 aliphatic carbocycles. The second kappa shape index (κ2) is 15.2. The fourth-order valence-electron chi connectivity index (χ4n) is 4.16. The van der Waals surface area contributed by atoms with Crippen LogP contribution in [0.25, 0.3) is 0 Å². The number of ether oxygens (including phenoxy) is 1. The van der Waals surface area contributed by atoms with Crippen molar-refractivity contribution in [3.8, 4) is 0 Å². The van der Waals surface area contributed by atoms with Crippen molar-refractivity contribution >= 4 is 23.6 Å². The third kappa shape index (κ3) is 10.6. The van der Waals surface area contributed by atoms with Crippen LogP contribution in [0.15, 0.2) is 48.5 Å². The quantitative estimate of drug-likeness (QED) is 0.286. The molecule has 0 spiro atoms. The number of aryl methyl sites for hydroxylation is 2. The van der Waals surface area contributed by atoms with Gasteiger partial charge in [-0.3, -0.25) is 9.59 Å². The van der Waals surface area contributed by atoms with E-state index in [1.807, 2.05) is 62.4 Å². The Morgan fingerprint density at radius 1 is 0.895 bits per heavy atom. The number of nitrogens with zero attached hydrogens (tertiary/aromatic N) is 1. The first-order valence-electron chi connectivity index (χ1n) is 13.7. The number of carbonyl (C=O) groups excluding carboxylic acids is 3. The molecule has 2 aromatic carbocycles. The SMILES string of the molecule is CCCCCCCCN(C(=O)CNC(=O)OC(C)(C)C)C(C(=O)Nc1ccccc1C)c1ccc(C)cc1. The molecule has 1 unspecified atom stereocenters. The molecule has 38 heavy (non-hydrogen) atoms. The number of hydrogen-bond acceptors (Lipinski definition) is 4. The molecule has 0 aromatic heterocycles. The van der Waals surface area contributed by atoms with Gasteiger partial charge in [0.25, 0.3) is 5.91 Å². The zero-order valence-corrected chi connectivity index (χ0v) is 23.9. The van der Waals surface area contributed by atoms with E-state index in [9.17, 15) is 14.4 Å². The van der Waals surface area contributed by atoms with Gasteiger partial charge in [0.1, 0.15) is 18.2 Å². The van der Waals surface area contributed by atoms with Gasteiger partial charge in [0.05, 0.1) is 0 Å². The summed E-state index contributed by atoms with van der Waals surface area (Å²) in [6.07, 6.45) is 5.64. The number of carbonyl (C=O) groups is 3. The average Bonchev–Trinajstić information content (AvgIpc) is 2.85. The van der Waals surface area contributed by atoms with Crippen LogP contribution in [-0.2, 0) is 14.3 Å². The summed E-state index contributed by atoms with van der Waals surface area (Å²) in [7, 11) is 0. The third-order valence-corrected chi connectivity index (χ3v) is 6.21. The number of amides is 3. The zero-order chi connectivity index (χ0) is 28.1. The summed E-state index contributed by atoms with van der Waals surface area (Å²) in [6.45, 7) is 11.5. The molecule has 0 aliphatic rings. The molecule has 0 radical (unpaired) electrons. The van der Waals surface area contributed by atoms with E-state index in [1.54, 1.807) is 25.7 Å². The molecule has 7 nitrogen and oxygen atoms in total. The number of hydrogen-bond donors (Lipinski definition) is 2. The Hall–Kier alpha value is -3.35. The molecule has 1 atom stereocenters. The maximum atomic E-state index is 13.8. The van der Waals surface area contributed by atoms with Crippen molar-refractivity contribution in [1.82, 2.24) is 10.2 Å². The van der Waals surface area contributed by atoms with E-state index in [1.165, 1.54) is 6.42 Å². The van der Waals surface area contributed by atoms with Gasteiger partial charge in [-0.05, 0) is 58.2 Å². The molecule has 0 bridgehead atoms. The summed E-state index contributed by atoms with van der Waals surface area (Å²) in [5, 5.41) is 5.60. The number of nitrogens with one attached hydrogen (secondary N) is 2. The van der Waals surface area contributed by atoms with Crippen molar-refractivity contribution in [3.05, 3.63) is 65.2 Å². The minimum absolute atomic E-state index is 0.259. The Balaban J connectivity index is 2.32. The molecule has 2 aromatic rings. The minimum Gasteiger partial charge on any atom is -0.444 e. The summed E-state index contributed by atoms with van der Waals surface area (Å²) < 4.78 is 5.30. The van der Waals surface area contributed by atoms with E-state index in [2.05, 4.69) is 17.6 Å². The highest BCUT2D eigenvalue weighted by atomic mass is 16.6. The van der Waals surface area contributed by atoms with Crippen LogP contribution < -0.4 is 10.6 Å². The second-order valence-corrected chi connectivity index (χ2v) is 10.8. The van der Waals surface area contributed by atoms with Crippen LogP contribution >= 0.6 is 0 Å². The lowest BCUT2D eigenvalue weighted by Gasteiger charge is -2.32. The topological polar surface area (TPSA) is 87.7 Å². The van der Waals surface area contributed by atoms with Crippen LogP contribution in [0.3, 0.4) is 0 Å². The number of benzene rings is 2. The van der Waals surface area contributed by atoms with Crippen LogP contribution in [0.5, 0.6) is 0 Å². The summed E-state index contributed by atoms with van der Waals surface area (Å²) in [6, 6.07) is 14.4. The summed E-state index contributed by atoms with van der Waals surface area (Å²) in [4.78, 5) is 41.2. The first-order valence-corrected chi connectivity index (χ1v) is 13.7. The lowest BCUT2D eigenvalue weighted by atomic mass is 10.0. The van der Waals surface area contributed by atoms with Gasteiger partial charge in [-0.2, -0.15) is 0 Å². The van der Waals surface area contributed by atoms with Crippen LogP contribution in [0.1, 0.15) is 89.0 Å². The van der Waals surface area contributed by atoms with Crippen molar-refractivity contribution in [2.75, 3.05) is 18.4 Å². The molecule has 0 saturated heterocycles. The van der Waals surface area contributed by atoms with E-state index >= 15 is 0 Å². The molecule has 0 aliphatic heterocycles. The molecular weight excluding hydrogens is 478 g/mol. The minimum atomic E-state index is -0.848. The van der Waals surface area contributed by atoms with E-state index in [0.717, 1.165) is 48.8 Å². The van der Waals surface area contributed by atoms with Crippen LogP contribution in [0.4, 0.5) is 10.5 Å². The van der Waals surface area contributed by atoms with Gasteiger partial charge < -0.3 is 20.3 Å². The third-order valence-electron chi connectivity index (χ3n) is 6.21. The monoisotopic (exact) mass is 523 g/mol. The first kappa shape index (κ1) is 30.9. The number of unbranched alkanes of at least 4 members (excludes halogenated alkanes) is 5. The van der Waals surface area contributed by atoms with Crippen molar-refractivity contribution in [2.45, 2.75) is 91.7 Å². The summed E-state index contributed by atoms with van der Waals surface area (Å²) in [5.74, 6) is -0.630. The predicted molar refractivity (Wildman–Crippen MR) is 153 cm³/mol. The van der Waals surface area contributed by atoms with Crippen molar-refractivity contribution in [1.29, 1.82) is 0 Å². The lowest BCUT2D eigenvalue weighted by Crippen LogP contribution is -2.47. The highest BCUT2D eigenvalue weighted by Gasteiger charge is 2.32. The molecule has 0 saturated carbocycles. The van der Waals surface area contributed by atoms with Crippen molar-refractivity contribution in [3.63, 3.8) is 0 Å². The Kier molecular flexibility index (Phi) is 12.3. The van der Waals surface area contributed by atoms with Crippen LogP contribution in [0, 0.1) is 13.8 Å². The summed E-state index contributed by atoms with van der Waals surface area (Å²) >= 11 is 0. The molecule has 2 N–H and O–H groups in total. The standard InChI is InChI=1S/C31H45N3O4/c1-7-8-9-10-11-14-21-34(27(35)22-32-30(37)38-31(4,5)6)28(25-19-17-23(2)18-20-25)29(36)33-26-16-13-12-15-24(26)3/h12-13,15-20,28H,7-11,14,21-22H2,1-6H3,(H,32,37)(H,33,36). The molecule has 208 valence electrons. The molecule has 0 fully saturated rings. The molecular formula is C31H45N3O4. The Bertz CT molecular complexity index is 1040. The highest BCUT2D eigenvalue weighted by molar-refractivity contribution is 5.98. The number of para-hydroxylation sites is 1. The average molecular weight is 524 g/mol. The Morgan fingerprint density at radius 2 is 1.53 bits per heavy atom. The normalized spacial score (nSPS) is 11.9. The number of anilines is 1. The maximum absolute atomic E-state index is 13.8. The van der Waals surface area contributed by atoms with Gasteiger partial charge in [0.15, 0.2) is 0 Å². The molecule has 0 heterocycles. The smallest absolute Gasteiger partial charge is 0.408 e. The fourth-order valence-corrected chi connectivity index (χ4v) is 4.16. The van der Waals surface area contributed by atoms with Gasteiger partial charge in [-0.25, -0.2) is 4.79 Å². The van der Waals surface area contributed by atoms with E-state index < -0.39 is 17.7 Å². The second-order valence-electron chi connectivity index (χ2n) is 10.8. The van der Waals surface area contributed by atoms with Gasteiger partial charge in [0, 0.05) is 12.2 Å². The Morgan fingerprint density at radius 3 is 2.16 bits per heavy atom. The fraction of sp³-hybridized carbons (Fsp3) is 0.516. The lowest BCUT2D eigenvalue weighted by molar-refractivity contribution is -0.138. The van der Waals surface area contributed by atoms with Crippen molar-refractivity contribution in [2.24, 2.45) is 0 Å². The van der Waals surface area contributed by atoms with Gasteiger partial charge in [-0.1, -0.05) is 87.1 Å². The molecule has 7 heteroatoms. The van der Waals surface area contributed by atoms with E-state index in [4.69, 9.17) is 4.74 Å². The van der Waals surface area contributed by atoms with Gasteiger partial charge in [0.2, 0.25) is 5.91 Å². The zero-order valence-electron chi connectivity index (χ0n) is 23.9. The van der Waals surface area contributed by atoms with Crippen LogP contribution in [-0.4, -0.2) is 41.5 Å². The largest absolute Gasteiger partial charge is 0.444 e.